The predicted molar refractivity (Wildman–Crippen MR) is 107 cm³/mol. The molecule has 132 valence electrons. The number of ether oxygens (including phenoxy) is 2. The fraction of sp³-hybridized carbons (Fsp3) is 0.158. The first-order chi connectivity index (χ1) is 12.6. The third kappa shape index (κ3) is 2.77. The van der Waals surface area contributed by atoms with Crippen molar-refractivity contribution in [1.82, 2.24) is 9.38 Å². The molecule has 4 rings (SSSR count). The molecule has 0 aliphatic heterocycles. The summed E-state index contributed by atoms with van der Waals surface area (Å²) < 4.78 is 14.1. The van der Waals surface area contributed by atoms with E-state index in [1.807, 2.05) is 49.4 Å². The Bertz CT molecular complexity index is 1230. The topological polar surface area (TPSA) is 52.8 Å². The van der Waals surface area contributed by atoms with Gasteiger partial charge in [0.25, 0.3) is 5.56 Å². The molecule has 7 heteroatoms. The Morgan fingerprint density at radius 3 is 2.88 bits per heavy atom. The van der Waals surface area contributed by atoms with Crippen LogP contribution in [0.4, 0.5) is 0 Å². The summed E-state index contributed by atoms with van der Waals surface area (Å²) in [6.07, 6.45) is 1.85. The maximum absolute atomic E-state index is 12.9. The molecule has 2 aromatic heterocycles. The molecule has 0 unspecified atom stereocenters. The minimum atomic E-state index is -0.0661. The molecule has 2 aromatic carbocycles. The van der Waals surface area contributed by atoms with Crippen LogP contribution in [0.5, 0.6) is 11.5 Å². The maximum atomic E-state index is 12.9. The third-order valence-corrected chi connectivity index (χ3v) is 5.54. The molecule has 0 aliphatic rings. The Morgan fingerprint density at radius 1 is 1.31 bits per heavy atom. The van der Waals surface area contributed by atoms with Gasteiger partial charge in [0.1, 0.15) is 0 Å². The van der Waals surface area contributed by atoms with Crippen LogP contribution >= 0.6 is 27.3 Å². The van der Waals surface area contributed by atoms with E-state index in [0.29, 0.717) is 27.6 Å². The van der Waals surface area contributed by atoms with Crippen LogP contribution in [0.3, 0.4) is 0 Å². The number of aromatic nitrogens is 2. The molecule has 2 heterocycles. The zero-order valence-corrected chi connectivity index (χ0v) is 16.6. The third-order valence-electron chi connectivity index (χ3n) is 3.98. The number of hydrogen-bond donors (Lipinski definition) is 0. The van der Waals surface area contributed by atoms with Crippen LogP contribution in [0.25, 0.3) is 22.1 Å². The van der Waals surface area contributed by atoms with Gasteiger partial charge in [0, 0.05) is 0 Å². The second-order valence-electron chi connectivity index (χ2n) is 5.60. The number of methoxy groups -OCH3 is 1. The summed E-state index contributed by atoms with van der Waals surface area (Å²) in [6.45, 7) is 2.44. The Hall–Kier alpha value is -2.38. The maximum Gasteiger partial charge on any atom is 0.274 e. The molecule has 0 bridgehead atoms. The van der Waals surface area contributed by atoms with E-state index < -0.39 is 0 Å². The minimum absolute atomic E-state index is 0.0661. The van der Waals surface area contributed by atoms with Crippen molar-refractivity contribution in [2.45, 2.75) is 6.92 Å². The van der Waals surface area contributed by atoms with Crippen molar-refractivity contribution in [3.8, 4) is 11.5 Å². The average Bonchev–Trinajstić information content (AvgIpc) is 3.12. The van der Waals surface area contributed by atoms with Crippen LogP contribution in [0.2, 0.25) is 0 Å². The highest BCUT2D eigenvalue weighted by Gasteiger charge is 2.13. The lowest BCUT2D eigenvalue weighted by Gasteiger charge is -2.11. The minimum Gasteiger partial charge on any atom is -0.492 e. The molecule has 0 fully saturated rings. The monoisotopic (exact) mass is 430 g/mol. The van der Waals surface area contributed by atoms with E-state index in [4.69, 9.17) is 9.47 Å². The lowest BCUT2D eigenvalue weighted by atomic mass is 10.2. The summed E-state index contributed by atoms with van der Waals surface area (Å²) in [7, 11) is 1.60. The summed E-state index contributed by atoms with van der Waals surface area (Å²) in [4.78, 5) is 18.1. The number of thiazole rings is 1. The zero-order chi connectivity index (χ0) is 18.3. The van der Waals surface area contributed by atoms with Crippen molar-refractivity contribution in [1.29, 1.82) is 0 Å². The average molecular weight is 431 g/mol. The van der Waals surface area contributed by atoms with Crippen molar-refractivity contribution < 1.29 is 9.47 Å². The van der Waals surface area contributed by atoms with Gasteiger partial charge in [-0.1, -0.05) is 23.5 Å². The number of imidazole rings is 1. The van der Waals surface area contributed by atoms with Crippen LogP contribution in [-0.4, -0.2) is 23.1 Å². The normalized spacial score (nSPS) is 12.2. The van der Waals surface area contributed by atoms with Gasteiger partial charge >= 0.3 is 0 Å². The quantitative estimate of drug-likeness (QED) is 0.495. The van der Waals surface area contributed by atoms with Gasteiger partial charge in [-0.15, -0.1) is 0 Å². The molecule has 0 amide bonds. The van der Waals surface area contributed by atoms with Crippen molar-refractivity contribution in [3.05, 3.63) is 61.3 Å². The van der Waals surface area contributed by atoms with Gasteiger partial charge in [0.05, 0.1) is 33.8 Å². The van der Waals surface area contributed by atoms with Crippen molar-refractivity contribution >= 4 is 49.3 Å². The van der Waals surface area contributed by atoms with Crippen LogP contribution < -0.4 is 19.6 Å². The highest BCUT2D eigenvalue weighted by Crippen LogP contribution is 2.36. The lowest BCUT2D eigenvalue weighted by Crippen LogP contribution is -2.22. The molecule has 26 heavy (non-hydrogen) atoms. The van der Waals surface area contributed by atoms with Crippen molar-refractivity contribution in [2.24, 2.45) is 0 Å². The van der Waals surface area contributed by atoms with E-state index in [9.17, 15) is 4.79 Å². The summed E-state index contributed by atoms with van der Waals surface area (Å²) in [5.74, 6) is 1.27. The van der Waals surface area contributed by atoms with E-state index in [1.165, 1.54) is 11.3 Å². The van der Waals surface area contributed by atoms with Gasteiger partial charge in [0.2, 0.25) is 0 Å². The molecule has 0 spiro atoms. The van der Waals surface area contributed by atoms with Gasteiger partial charge < -0.3 is 9.47 Å². The van der Waals surface area contributed by atoms with Gasteiger partial charge in [-0.25, -0.2) is 9.38 Å². The summed E-state index contributed by atoms with van der Waals surface area (Å²) in [6, 6.07) is 11.4. The molecule has 0 N–H and O–H groups in total. The number of nitrogens with zero attached hydrogens (tertiary/aromatic N) is 2. The fourth-order valence-electron chi connectivity index (χ4n) is 2.90. The second-order valence-corrected chi connectivity index (χ2v) is 7.46. The molecule has 0 radical (unpaired) electrons. The molecular weight excluding hydrogens is 416 g/mol. The summed E-state index contributed by atoms with van der Waals surface area (Å²) in [5, 5.41) is 0. The highest BCUT2D eigenvalue weighted by molar-refractivity contribution is 9.10. The smallest absolute Gasteiger partial charge is 0.274 e. The molecule has 5 nitrogen and oxygen atoms in total. The van der Waals surface area contributed by atoms with Crippen LogP contribution in [-0.2, 0) is 0 Å². The number of hydrogen-bond acceptors (Lipinski definition) is 5. The summed E-state index contributed by atoms with van der Waals surface area (Å²) >= 11 is 4.88. The Kier molecular flexibility index (Phi) is 4.42. The van der Waals surface area contributed by atoms with Crippen molar-refractivity contribution in [3.63, 3.8) is 0 Å². The number of fused-ring (bicyclic) bond motifs is 3. The SMILES string of the molecule is CCOc1cc(/C=c2/sc3nc4ccccc4n3c2=O)cc(Br)c1OC. The van der Waals surface area contributed by atoms with Gasteiger partial charge in [-0.3, -0.25) is 4.79 Å². The van der Waals surface area contributed by atoms with Crippen LogP contribution in [0, 0.1) is 0 Å². The van der Waals surface area contributed by atoms with Gasteiger partial charge in [0.15, 0.2) is 16.5 Å². The van der Waals surface area contributed by atoms with Crippen LogP contribution in [0.15, 0.2) is 45.7 Å². The molecule has 4 aromatic rings. The van der Waals surface area contributed by atoms with E-state index >= 15 is 0 Å². The predicted octanol–water partition coefficient (Wildman–Crippen LogP) is 3.63. The van der Waals surface area contributed by atoms with Gasteiger partial charge in [-0.2, -0.15) is 0 Å². The summed E-state index contributed by atoms with van der Waals surface area (Å²) in [5.41, 5.74) is 2.44. The molecule has 0 atom stereocenters. The standard InChI is InChI=1S/C19H15BrN2O3S/c1-3-25-15-9-11(8-12(20)17(15)24-2)10-16-18(23)22-14-7-5-4-6-13(14)21-19(22)26-16/h4-10H,3H2,1-2H3/b16-10+. The number of benzene rings is 2. The largest absolute Gasteiger partial charge is 0.492 e. The molecule has 0 saturated carbocycles. The van der Waals surface area contributed by atoms with Crippen molar-refractivity contribution in [2.75, 3.05) is 13.7 Å². The first kappa shape index (κ1) is 17.1. The molecule has 0 aliphatic carbocycles. The van der Waals surface area contributed by atoms with E-state index in [2.05, 4.69) is 20.9 Å². The number of para-hydroxylation sites is 2. The lowest BCUT2D eigenvalue weighted by molar-refractivity contribution is 0.310. The number of rotatable bonds is 4. The van der Waals surface area contributed by atoms with E-state index in [0.717, 1.165) is 21.1 Å². The first-order valence-electron chi connectivity index (χ1n) is 8.04. The zero-order valence-electron chi connectivity index (χ0n) is 14.2. The number of halogens is 1. The Balaban J connectivity index is 1.91. The second kappa shape index (κ2) is 6.74. The van der Waals surface area contributed by atoms with Gasteiger partial charge in [-0.05, 0) is 58.8 Å². The van der Waals surface area contributed by atoms with E-state index in [1.54, 1.807) is 11.5 Å². The fourth-order valence-corrected chi connectivity index (χ4v) is 4.50. The molecule has 0 saturated heterocycles. The highest BCUT2D eigenvalue weighted by atomic mass is 79.9. The van der Waals surface area contributed by atoms with Crippen LogP contribution in [0.1, 0.15) is 12.5 Å². The Labute approximate surface area is 161 Å². The Morgan fingerprint density at radius 2 is 2.12 bits per heavy atom. The van der Waals surface area contributed by atoms with E-state index in [-0.39, 0.29) is 5.56 Å². The first-order valence-corrected chi connectivity index (χ1v) is 9.65. The molecular formula is C19H15BrN2O3S.